The lowest BCUT2D eigenvalue weighted by molar-refractivity contribution is 0.222. The molecule has 0 unspecified atom stereocenters. The standard InChI is InChI=1S/C11H15N5O2/c1-7(2)18-11-15-9(12)14-10(16-11)13-6-8-4-3-5-17-8/h3-5,7H,6H2,1-2H3,(H3,12,13,14,15,16). The van der Waals surface area contributed by atoms with Crippen molar-refractivity contribution in [1.82, 2.24) is 15.0 Å². The maximum Gasteiger partial charge on any atom is 0.323 e. The largest absolute Gasteiger partial charge is 0.467 e. The summed E-state index contributed by atoms with van der Waals surface area (Å²) >= 11 is 0. The predicted octanol–water partition coefficient (Wildman–Crippen LogP) is 1.45. The van der Waals surface area contributed by atoms with Crippen molar-refractivity contribution in [3.05, 3.63) is 24.2 Å². The second-order valence-corrected chi connectivity index (χ2v) is 3.90. The summed E-state index contributed by atoms with van der Waals surface area (Å²) in [4.78, 5) is 11.9. The Hall–Kier alpha value is -2.31. The van der Waals surface area contributed by atoms with E-state index in [1.165, 1.54) is 0 Å². The Morgan fingerprint density at radius 3 is 2.89 bits per heavy atom. The second-order valence-electron chi connectivity index (χ2n) is 3.90. The van der Waals surface area contributed by atoms with Crippen LogP contribution in [-0.2, 0) is 6.54 Å². The molecule has 0 atom stereocenters. The quantitative estimate of drug-likeness (QED) is 0.827. The monoisotopic (exact) mass is 249 g/mol. The fourth-order valence-corrected chi connectivity index (χ4v) is 1.29. The third-order valence-corrected chi connectivity index (χ3v) is 1.97. The number of furan rings is 1. The molecule has 0 saturated carbocycles. The van der Waals surface area contributed by atoms with E-state index in [4.69, 9.17) is 14.9 Å². The third-order valence-electron chi connectivity index (χ3n) is 1.97. The van der Waals surface area contributed by atoms with Crippen LogP contribution in [0.1, 0.15) is 19.6 Å². The fourth-order valence-electron chi connectivity index (χ4n) is 1.29. The molecule has 0 aliphatic heterocycles. The molecule has 2 rings (SSSR count). The van der Waals surface area contributed by atoms with Gasteiger partial charge in [-0.1, -0.05) is 0 Å². The van der Waals surface area contributed by atoms with Gasteiger partial charge in [-0.3, -0.25) is 0 Å². The molecule has 0 fully saturated rings. The lowest BCUT2D eigenvalue weighted by Gasteiger charge is -2.09. The molecular weight excluding hydrogens is 234 g/mol. The van der Waals surface area contributed by atoms with Crippen LogP contribution in [0, 0.1) is 0 Å². The van der Waals surface area contributed by atoms with Crippen LogP contribution in [0.25, 0.3) is 0 Å². The third kappa shape index (κ3) is 3.34. The number of hydrogen-bond donors (Lipinski definition) is 2. The number of rotatable bonds is 5. The van der Waals surface area contributed by atoms with E-state index in [0.717, 1.165) is 5.76 Å². The van der Waals surface area contributed by atoms with Gasteiger partial charge in [0.1, 0.15) is 5.76 Å². The Morgan fingerprint density at radius 2 is 2.22 bits per heavy atom. The molecule has 7 heteroatoms. The first-order valence-electron chi connectivity index (χ1n) is 5.58. The van der Waals surface area contributed by atoms with Crippen molar-refractivity contribution in [1.29, 1.82) is 0 Å². The lowest BCUT2D eigenvalue weighted by atomic mass is 10.4. The van der Waals surface area contributed by atoms with Crippen LogP contribution in [0.15, 0.2) is 22.8 Å². The van der Waals surface area contributed by atoms with E-state index in [0.29, 0.717) is 12.5 Å². The van der Waals surface area contributed by atoms with E-state index in [-0.39, 0.29) is 18.1 Å². The molecule has 3 N–H and O–H groups in total. The number of nitrogens with one attached hydrogen (secondary N) is 1. The number of ether oxygens (including phenoxy) is 1. The molecule has 7 nitrogen and oxygen atoms in total. The van der Waals surface area contributed by atoms with Gasteiger partial charge in [-0.05, 0) is 26.0 Å². The molecule has 2 aromatic rings. The van der Waals surface area contributed by atoms with Gasteiger partial charge in [-0.15, -0.1) is 0 Å². The average molecular weight is 249 g/mol. The van der Waals surface area contributed by atoms with Crippen LogP contribution in [0.2, 0.25) is 0 Å². The zero-order valence-electron chi connectivity index (χ0n) is 10.3. The molecule has 0 spiro atoms. The van der Waals surface area contributed by atoms with Crippen LogP contribution in [0.4, 0.5) is 11.9 Å². The van der Waals surface area contributed by atoms with E-state index in [2.05, 4.69) is 20.3 Å². The normalized spacial score (nSPS) is 10.6. The van der Waals surface area contributed by atoms with Crippen molar-refractivity contribution >= 4 is 11.9 Å². The molecule has 0 aliphatic rings. The molecule has 96 valence electrons. The van der Waals surface area contributed by atoms with E-state index in [1.807, 2.05) is 26.0 Å². The van der Waals surface area contributed by atoms with Crippen molar-refractivity contribution in [2.45, 2.75) is 26.5 Å². The highest BCUT2D eigenvalue weighted by molar-refractivity contribution is 5.32. The van der Waals surface area contributed by atoms with Crippen molar-refractivity contribution in [2.75, 3.05) is 11.1 Å². The molecule has 18 heavy (non-hydrogen) atoms. The minimum Gasteiger partial charge on any atom is -0.467 e. The summed E-state index contributed by atoms with van der Waals surface area (Å²) in [7, 11) is 0. The highest BCUT2D eigenvalue weighted by Crippen LogP contribution is 2.11. The molecule has 0 saturated heterocycles. The number of anilines is 2. The smallest absolute Gasteiger partial charge is 0.323 e. The molecule has 0 radical (unpaired) electrons. The Bertz CT molecular complexity index is 498. The average Bonchev–Trinajstić information content (AvgIpc) is 2.77. The molecule has 0 aliphatic carbocycles. The number of nitrogens with two attached hydrogens (primary N) is 1. The maximum absolute atomic E-state index is 5.58. The number of aromatic nitrogens is 3. The summed E-state index contributed by atoms with van der Waals surface area (Å²) in [6, 6.07) is 3.87. The maximum atomic E-state index is 5.58. The SMILES string of the molecule is CC(C)Oc1nc(N)nc(NCc2ccco2)n1. The van der Waals surface area contributed by atoms with E-state index >= 15 is 0 Å². The Morgan fingerprint density at radius 1 is 1.39 bits per heavy atom. The fraction of sp³-hybridized carbons (Fsp3) is 0.364. The topological polar surface area (TPSA) is 99.1 Å². The molecule has 2 aromatic heterocycles. The highest BCUT2D eigenvalue weighted by atomic mass is 16.5. The van der Waals surface area contributed by atoms with Crippen molar-refractivity contribution < 1.29 is 9.15 Å². The summed E-state index contributed by atoms with van der Waals surface area (Å²) in [5.41, 5.74) is 5.58. The second kappa shape index (κ2) is 5.35. The van der Waals surface area contributed by atoms with Gasteiger partial charge in [0.15, 0.2) is 0 Å². The van der Waals surface area contributed by atoms with Gasteiger partial charge in [0.05, 0.1) is 18.9 Å². The summed E-state index contributed by atoms with van der Waals surface area (Å²) in [5.74, 6) is 1.25. The Balaban J connectivity index is 2.05. The van der Waals surface area contributed by atoms with Crippen molar-refractivity contribution in [3.8, 4) is 6.01 Å². The van der Waals surface area contributed by atoms with Gasteiger partial charge < -0.3 is 20.2 Å². The summed E-state index contributed by atoms with van der Waals surface area (Å²) < 4.78 is 10.6. The lowest BCUT2D eigenvalue weighted by Crippen LogP contribution is -2.12. The minimum absolute atomic E-state index is 0.0234. The van der Waals surface area contributed by atoms with E-state index in [9.17, 15) is 0 Å². The minimum atomic E-state index is -0.0234. The summed E-state index contributed by atoms with van der Waals surface area (Å²) in [6.45, 7) is 4.24. The zero-order valence-corrected chi connectivity index (χ0v) is 10.3. The molecule has 2 heterocycles. The Labute approximate surface area is 104 Å². The van der Waals surface area contributed by atoms with E-state index < -0.39 is 0 Å². The molecule has 0 bridgehead atoms. The van der Waals surface area contributed by atoms with Gasteiger partial charge in [0.25, 0.3) is 0 Å². The summed E-state index contributed by atoms with van der Waals surface area (Å²) in [5, 5.41) is 2.99. The van der Waals surface area contributed by atoms with Crippen LogP contribution >= 0.6 is 0 Å². The predicted molar refractivity (Wildman–Crippen MR) is 66.0 cm³/mol. The Kier molecular flexibility index (Phi) is 3.61. The van der Waals surface area contributed by atoms with E-state index in [1.54, 1.807) is 6.26 Å². The van der Waals surface area contributed by atoms with Crippen LogP contribution < -0.4 is 15.8 Å². The van der Waals surface area contributed by atoms with Gasteiger partial charge in [0.2, 0.25) is 11.9 Å². The van der Waals surface area contributed by atoms with Crippen LogP contribution in [0.5, 0.6) is 6.01 Å². The summed E-state index contributed by atoms with van der Waals surface area (Å²) in [6.07, 6.45) is 1.58. The number of nitrogen functional groups attached to an aromatic ring is 1. The van der Waals surface area contributed by atoms with Crippen LogP contribution in [-0.4, -0.2) is 21.1 Å². The van der Waals surface area contributed by atoms with Gasteiger partial charge in [-0.25, -0.2) is 0 Å². The first kappa shape index (κ1) is 12.2. The first-order chi connectivity index (χ1) is 8.63. The number of nitrogens with zero attached hydrogens (tertiary/aromatic N) is 3. The zero-order chi connectivity index (χ0) is 13.0. The van der Waals surface area contributed by atoms with Gasteiger partial charge in [0, 0.05) is 0 Å². The highest BCUT2D eigenvalue weighted by Gasteiger charge is 2.07. The van der Waals surface area contributed by atoms with Crippen molar-refractivity contribution in [2.24, 2.45) is 0 Å². The van der Waals surface area contributed by atoms with Crippen molar-refractivity contribution in [3.63, 3.8) is 0 Å². The first-order valence-corrected chi connectivity index (χ1v) is 5.58. The van der Waals surface area contributed by atoms with Gasteiger partial charge in [-0.2, -0.15) is 15.0 Å². The molecular formula is C11H15N5O2. The van der Waals surface area contributed by atoms with Crippen LogP contribution in [0.3, 0.4) is 0 Å². The number of hydrogen-bond acceptors (Lipinski definition) is 7. The molecule has 0 aromatic carbocycles. The van der Waals surface area contributed by atoms with Gasteiger partial charge >= 0.3 is 6.01 Å². The molecule has 0 amide bonds.